The van der Waals surface area contributed by atoms with Gasteiger partial charge in [0.25, 0.3) is 5.91 Å². The number of carboxylic acids is 2. The van der Waals surface area contributed by atoms with Gasteiger partial charge in [0.05, 0.1) is 18.4 Å². The number of piperidine rings is 1. The van der Waals surface area contributed by atoms with Crippen molar-refractivity contribution in [1.29, 1.82) is 0 Å². The zero-order valence-corrected chi connectivity index (χ0v) is 19.0. The first-order valence-corrected chi connectivity index (χ1v) is 10.5. The molecule has 0 spiro atoms. The Bertz CT molecular complexity index is 1110. The highest BCUT2D eigenvalue weighted by Gasteiger charge is 2.38. The predicted octanol–water partition coefficient (Wildman–Crippen LogP) is 2.98. The molecule has 1 heterocycles. The Labute approximate surface area is 203 Å². The van der Waals surface area contributed by atoms with E-state index in [0.717, 1.165) is 0 Å². The van der Waals surface area contributed by atoms with Crippen LogP contribution in [-0.4, -0.2) is 60.3 Å². The predicted molar refractivity (Wildman–Crippen MR) is 122 cm³/mol. The number of nitrogens with zero attached hydrogens (tertiary/aromatic N) is 1. The van der Waals surface area contributed by atoms with Gasteiger partial charge >= 0.3 is 18.1 Å². The third kappa shape index (κ3) is 7.61. The molecule has 194 valence electrons. The topological polar surface area (TPSA) is 159 Å². The standard InChI is InChI=1S/C21H23N3O5.C2HF3O2/c1-29-16-5-2-14(3-6-16)20(26)23-15-4-7-18(17(12-15)21(27)28)24-10-8-13(9-11-24)19(22)25;3-2(4,5)1(6)7/h2-7,12-13H,8-11H2,1H3,(H2,22,25)(H,23,26)(H,27,28);(H,6,7). The third-order valence-electron chi connectivity index (χ3n) is 5.32. The number of nitrogens with one attached hydrogen (secondary N) is 1. The molecule has 5 N–H and O–H groups in total. The van der Waals surface area contributed by atoms with Crippen LogP contribution < -0.4 is 20.7 Å². The van der Waals surface area contributed by atoms with Gasteiger partial charge in [-0.1, -0.05) is 0 Å². The van der Waals surface area contributed by atoms with Crippen molar-refractivity contribution in [3.05, 3.63) is 53.6 Å². The summed E-state index contributed by atoms with van der Waals surface area (Å²) in [5.41, 5.74) is 6.83. The Kier molecular flexibility index (Phi) is 9.25. The lowest BCUT2D eigenvalue weighted by Gasteiger charge is -2.33. The molecule has 1 saturated heterocycles. The molecule has 2 amide bonds. The number of benzene rings is 2. The summed E-state index contributed by atoms with van der Waals surface area (Å²) in [7, 11) is 1.54. The van der Waals surface area contributed by atoms with Gasteiger partial charge in [0.1, 0.15) is 5.75 Å². The number of rotatable bonds is 6. The van der Waals surface area contributed by atoms with Gasteiger partial charge in [-0.25, -0.2) is 9.59 Å². The van der Waals surface area contributed by atoms with Crippen LogP contribution in [0.15, 0.2) is 42.5 Å². The number of hydrogen-bond donors (Lipinski definition) is 4. The minimum Gasteiger partial charge on any atom is -0.497 e. The fourth-order valence-corrected chi connectivity index (χ4v) is 3.41. The van der Waals surface area contributed by atoms with E-state index < -0.39 is 18.1 Å². The lowest BCUT2D eigenvalue weighted by molar-refractivity contribution is -0.192. The number of anilines is 2. The van der Waals surface area contributed by atoms with Gasteiger partial charge in [0.2, 0.25) is 5.91 Å². The molecule has 36 heavy (non-hydrogen) atoms. The van der Waals surface area contributed by atoms with E-state index >= 15 is 0 Å². The summed E-state index contributed by atoms with van der Waals surface area (Å²) in [5, 5.41) is 19.5. The molecule has 0 aromatic heterocycles. The fraction of sp³-hybridized carbons (Fsp3) is 0.304. The number of carboxylic acid groups (broad SMARTS) is 2. The molecule has 0 aliphatic carbocycles. The van der Waals surface area contributed by atoms with Crippen molar-refractivity contribution < 1.29 is 47.3 Å². The van der Waals surface area contributed by atoms with Gasteiger partial charge in [0, 0.05) is 30.3 Å². The molecule has 1 aliphatic heterocycles. The average Bonchev–Trinajstić information content (AvgIpc) is 2.83. The maximum Gasteiger partial charge on any atom is 0.490 e. The van der Waals surface area contributed by atoms with Crippen molar-refractivity contribution in [2.75, 3.05) is 30.4 Å². The number of aromatic carboxylic acids is 1. The van der Waals surface area contributed by atoms with Crippen LogP contribution in [0.5, 0.6) is 5.75 Å². The summed E-state index contributed by atoms with van der Waals surface area (Å²) in [5.74, 6) is -4.05. The lowest BCUT2D eigenvalue weighted by atomic mass is 9.95. The van der Waals surface area contributed by atoms with Crippen molar-refractivity contribution in [3.8, 4) is 5.75 Å². The van der Waals surface area contributed by atoms with Gasteiger partial charge in [-0.15, -0.1) is 0 Å². The number of carbonyl (C=O) groups is 4. The Morgan fingerprint density at radius 1 is 1.03 bits per heavy atom. The van der Waals surface area contributed by atoms with Crippen LogP contribution in [0.4, 0.5) is 24.5 Å². The average molecular weight is 511 g/mol. The SMILES string of the molecule is COc1ccc(C(=O)Nc2ccc(N3CCC(C(N)=O)CC3)c(C(=O)O)c2)cc1.O=C(O)C(F)(F)F. The van der Waals surface area contributed by atoms with Crippen LogP contribution in [0.2, 0.25) is 0 Å². The molecule has 10 nitrogen and oxygen atoms in total. The van der Waals surface area contributed by atoms with Crippen LogP contribution in [0.1, 0.15) is 33.6 Å². The molecule has 1 aliphatic rings. The van der Waals surface area contributed by atoms with E-state index in [-0.39, 0.29) is 23.3 Å². The molecule has 0 atom stereocenters. The van der Waals surface area contributed by atoms with Crippen molar-refractivity contribution in [1.82, 2.24) is 0 Å². The minimum atomic E-state index is -5.08. The Balaban J connectivity index is 0.000000572. The summed E-state index contributed by atoms with van der Waals surface area (Å²) in [6.45, 7) is 1.09. The van der Waals surface area contributed by atoms with E-state index in [1.807, 2.05) is 4.90 Å². The molecule has 3 rings (SSSR count). The number of hydrogen-bond acceptors (Lipinski definition) is 6. The number of methoxy groups -OCH3 is 1. The number of ether oxygens (including phenoxy) is 1. The number of aliphatic carboxylic acids is 1. The molecule has 0 bridgehead atoms. The minimum absolute atomic E-state index is 0.0926. The van der Waals surface area contributed by atoms with Crippen molar-refractivity contribution in [2.24, 2.45) is 11.7 Å². The highest BCUT2D eigenvalue weighted by molar-refractivity contribution is 6.05. The Morgan fingerprint density at radius 2 is 1.58 bits per heavy atom. The van der Waals surface area contributed by atoms with Gasteiger partial charge in [-0.05, 0) is 55.3 Å². The summed E-state index contributed by atoms with van der Waals surface area (Å²) >= 11 is 0. The summed E-state index contributed by atoms with van der Waals surface area (Å²) in [6, 6.07) is 11.4. The van der Waals surface area contributed by atoms with Crippen molar-refractivity contribution in [2.45, 2.75) is 19.0 Å². The number of carbonyl (C=O) groups excluding carboxylic acids is 2. The van der Waals surface area contributed by atoms with E-state index in [2.05, 4.69) is 5.32 Å². The summed E-state index contributed by atoms with van der Waals surface area (Å²) < 4.78 is 36.8. The monoisotopic (exact) mass is 511 g/mol. The number of primary amides is 1. The molecule has 0 radical (unpaired) electrons. The molecule has 0 unspecified atom stereocenters. The molecule has 13 heteroatoms. The number of nitrogens with two attached hydrogens (primary N) is 1. The first-order chi connectivity index (χ1) is 16.8. The van der Waals surface area contributed by atoms with Gasteiger partial charge in [0.15, 0.2) is 0 Å². The third-order valence-corrected chi connectivity index (χ3v) is 5.32. The molecule has 0 saturated carbocycles. The zero-order chi connectivity index (χ0) is 27.0. The van der Waals surface area contributed by atoms with Crippen molar-refractivity contribution in [3.63, 3.8) is 0 Å². The highest BCUT2D eigenvalue weighted by atomic mass is 19.4. The normalized spacial score (nSPS) is 13.7. The van der Waals surface area contributed by atoms with Crippen LogP contribution in [0, 0.1) is 5.92 Å². The maximum atomic E-state index is 12.4. The highest BCUT2D eigenvalue weighted by Crippen LogP contribution is 2.29. The first-order valence-electron chi connectivity index (χ1n) is 10.5. The first kappa shape index (κ1) is 28.0. The number of halogens is 3. The van der Waals surface area contributed by atoms with Gasteiger partial charge < -0.3 is 30.9 Å². The van der Waals surface area contributed by atoms with Gasteiger partial charge in [-0.2, -0.15) is 13.2 Å². The number of alkyl halides is 3. The van der Waals surface area contributed by atoms with E-state index in [0.29, 0.717) is 48.6 Å². The zero-order valence-electron chi connectivity index (χ0n) is 19.0. The van der Waals surface area contributed by atoms with Crippen molar-refractivity contribution >= 4 is 35.1 Å². The van der Waals surface area contributed by atoms with Crippen LogP contribution in [0.3, 0.4) is 0 Å². The number of amides is 2. The lowest BCUT2D eigenvalue weighted by Crippen LogP contribution is -2.39. The van der Waals surface area contributed by atoms with Crippen LogP contribution in [-0.2, 0) is 9.59 Å². The maximum absolute atomic E-state index is 12.4. The Morgan fingerprint density at radius 3 is 2.03 bits per heavy atom. The van der Waals surface area contributed by atoms with E-state index in [9.17, 15) is 32.7 Å². The van der Waals surface area contributed by atoms with E-state index in [1.165, 1.54) is 6.07 Å². The van der Waals surface area contributed by atoms with E-state index in [4.69, 9.17) is 20.4 Å². The van der Waals surface area contributed by atoms with Gasteiger partial charge in [-0.3, -0.25) is 9.59 Å². The molecular formula is C23H24F3N3O7. The van der Waals surface area contributed by atoms with Crippen LogP contribution in [0.25, 0.3) is 0 Å². The summed E-state index contributed by atoms with van der Waals surface area (Å²) in [6.07, 6.45) is -3.91. The quantitative estimate of drug-likeness (QED) is 0.461. The second-order valence-corrected chi connectivity index (χ2v) is 7.69. The fourth-order valence-electron chi connectivity index (χ4n) is 3.41. The Hall–Kier alpha value is -4.29. The van der Waals surface area contributed by atoms with E-state index in [1.54, 1.807) is 43.5 Å². The van der Waals surface area contributed by atoms with Crippen LogP contribution >= 0.6 is 0 Å². The smallest absolute Gasteiger partial charge is 0.490 e. The molecular weight excluding hydrogens is 487 g/mol. The largest absolute Gasteiger partial charge is 0.497 e. The molecule has 2 aromatic rings. The molecule has 2 aromatic carbocycles. The molecule has 1 fully saturated rings. The second-order valence-electron chi connectivity index (χ2n) is 7.69. The summed E-state index contributed by atoms with van der Waals surface area (Å²) in [4.78, 5) is 46.4. The second kappa shape index (κ2) is 11.9.